The van der Waals surface area contributed by atoms with E-state index >= 15 is 0 Å². The minimum absolute atomic E-state index is 0.164. The molecule has 1 N–H and O–H groups in total. The molecule has 2 atom stereocenters. The second kappa shape index (κ2) is 7.39. The first-order valence-electron chi connectivity index (χ1n) is 10.2. The Balaban J connectivity index is 1.34. The van der Waals surface area contributed by atoms with E-state index in [2.05, 4.69) is 25.9 Å². The van der Waals surface area contributed by atoms with Gasteiger partial charge in [-0.3, -0.25) is 0 Å². The summed E-state index contributed by atoms with van der Waals surface area (Å²) in [5.74, 6) is 0.964. The van der Waals surface area contributed by atoms with Crippen molar-refractivity contribution in [3.8, 4) is 0 Å². The molecule has 0 aliphatic carbocycles. The molecule has 2 fully saturated rings. The fraction of sp³-hybridized carbons (Fsp3) is 0.409. The van der Waals surface area contributed by atoms with Crippen molar-refractivity contribution in [2.45, 2.75) is 44.9 Å². The molecule has 2 unspecified atom stereocenters. The van der Waals surface area contributed by atoms with E-state index in [0.29, 0.717) is 6.61 Å². The summed E-state index contributed by atoms with van der Waals surface area (Å²) in [6.07, 6.45) is 4.37. The number of aromatic nitrogens is 3. The van der Waals surface area contributed by atoms with Gasteiger partial charge in [0.1, 0.15) is 24.4 Å². The average molecular weight is 391 g/mol. The number of anilines is 1. The lowest BCUT2D eigenvalue weighted by Gasteiger charge is -2.39. The highest BCUT2D eigenvalue weighted by Gasteiger charge is 2.43. The number of nitrogens with zero attached hydrogens (tertiary/aromatic N) is 4. The Hall–Kier alpha value is -3.09. The van der Waals surface area contributed by atoms with E-state index in [1.807, 2.05) is 42.2 Å². The lowest BCUT2D eigenvalue weighted by molar-refractivity contribution is 0.0673. The summed E-state index contributed by atoms with van der Waals surface area (Å²) < 4.78 is 5.63. The summed E-state index contributed by atoms with van der Waals surface area (Å²) in [5, 5.41) is 1.05. The number of hydrogen-bond donors (Lipinski definition) is 1. The number of rotatable bonds is 3. The molecule has 0 radical (unpaired) electrons. The maximum absolute atomic E-state index is 12.8. The van der Waals surface area contributed by atoms with Gasteiger partial charge in [0.05, 0.1) is 17.5 Å². The van der Waals surface area contributed by atoms with Gasteiger partial charge in [-0.2, -0.15) is 0 Å². The third-order valence-corrected chi connectivity index (χ3v) is 6.06. The Morgan fingerprint density at radius 2 is 2.03 bits per heavy atom. The Kier molecular flexibility index (Phi) is 4.58. The van der Waals surface area contributed by atoms with Gasteiger partial charge < -0.3 is 19.5 Å². The van der Waals surface area contributed by atoms with Gasteiger partial charge in [0.15, 0.2) is 0 Å². The number of hydrogen-bond acceptors (Lipinski definition) is 5. The number of nitrogens with one attached hydrogen (secondary N) is 1. The van der Waals surface area contributed by atoms with Crippen LogP contribution < -0.4 is 4.90 Å². The third kappa shape index (κ3) is 3.30. The quantitative estimate of drug-likeness (QED) is 0.738. The van der Waals surface area contributed by atoms with Crippen molar-refractivity contribution in [1.82, 2.24) is 19.9 Å². The second-order valence-corrected chi connectivity index (χ2v) is 7.90. The van der Waals surface area contributed by atoms with Crippen molar-refractivity contribution >= 4 is 22.9 Å². The number of fused-ring (bicyclic) bond motifs is 2. The van der Waals surface area contributed by atoms with Crippen LogP contribution in [-0.4, -0.2) is 51.1 Å². The number of benzene rings is 1. The van der Waals surface area contributed by atoms with Crippen LogP contribution in [0, 0.1) is 6.92 Å². The van der Waals surface area contributed by atoms with Crippen LogP contribution in [0.2, 0.25) is 0 Å². The number of H-pyrrole nitrogens is 1. The van der Waals surface area contributed by atoms with Gasteiger partial charge in [-0.25, -0.2) is 14.8 Å². The molecule has 1 amide bonds. The average Bonchev–Trinajstić information content (AvgIpc) is 3.35. The highest BCUT2D eigenvalue weighted by Crippen LogP contribution is 2.36. The van der Waals surface area contributed by atoms with Crippen molar-refractivity contribution in [2.75, 3.05) is 18.0 Å². The van der Waals surface area contributed by atoms with Crippen LogP contribution in [0.1, 0.15) is 30.5 Å². The number of aryl methyl sites for hydroxylation is 1. The standard InChI is InChI=1S/C22H25N5O2/c1-15-12-17-20(25-15)23-14-24-21(17)26-11-9-19-18(26)8-5-10-27(19)22(28)29-13-16-6-3-2-4-7-16/h2-4,6-7,12,14,18-19H,5,8-11,13H2,1H3,(H,23,24,25). The van der Waals surface area contributed by atoms with E-state index in [9.17, 15) is 4.79 Å². The summed E-state index contributed by atoms with van der Waals surface area (Å²) in [4.78, 5) is 29.4. The van der Waals surface area contributed by atoms with E-state index in [1.165, 1.54) is 0 Å². The fourth-order valence-corrected chi connectivity index (χ4v) is 4.76. The topological polar surface area (TPSA) is 74.3 Å². The molecular formula is C22H25N5O2. The van der Waals surface area contributed by atoms with Crippen molar-refractivity contribution in [3.05, 3.63) is 54.0 Å². The minimum Gasteiger partial charge on any atom is -0.445 e. The fourth-order valence-electron chi connectivity index (χ4n) is 4.76. The molecule has 150 valence electrons. The second-order valence-electron chi connectivity index (χ2n) is 7.90. The largest absolute Gasteiger partial charge is 0.445 e. The van der Waals surface area contributed by atoms with E-state index in [0.717, 1.165) is 60.5 Å². The van der Waals surface area contributed by atoms with E-state index in [1.54, 1.807) is 6.33 Å². The lowest BCUT2D eigenvalue weighted by Crippen LogP contribution is -2.52. The highest BCUT2D eigenvalue weighted by atomic mass is 16.6. The number of aromatic amines is 1. The van der Waals surface area contributed by atoms with E-state index in [4.69, 9.17) is 4.74 Å². The highest BCUT2D eigenvalue weighted by molar-refractivity contribution is 5.88. The summed E-state index contributed by atoms with van der Waals surface area (Å²) in [5.41, 5.74) is 2.95. The van der Waals surface area contributed by atoms with Crippen molar-refractivity contribution in [3.63, 3.8) is 0 Å². The van der Waals surface area contributed by atoms with Crippen molar-refractivity contribution in [1.29, 1.82) is 0 Å². The molecule has 7 nitrogen and oxygen atoms in total. The summed E-state index contributed by atoms with van der Waals surface area (Å²) >= 11 is 0. The minimum atomic E-state index is -0.212. The normalized spacial score (nSPS) is 21.4. The number of carbonyl (C=O) groups is 1. The zero-order chi connectivity index (χ0) is 19.8. The Morgan fingerprint density at radius 1 is 1.17 bits per heavy atom. The van der Waals surface area contributed by atoms with Crippen LogP contribution in [0.3, 0.4) is 0 Å². The zero-order valence-corrected chi connectivity index (χ0v) is 16.5. The molecule has 2 aliphatic rings. The first kappa shape index (κ1) is 18.0. The number of carbonyl (C=O) groups excluding carboxylic acids is 1. The predicted molar refractivity (Wildman–Crippen MR) is 111 cm³/mol. The van der Waals surface area contributed by atoms with Gasteiger partial charge in [0, 0.05) is 18.8 Å². The molecule has 0 bridgehead atoms. The van der Waals surface area contributed by atoms with Crippen LogP contribution >= 0.6 is 0 Å². The maximum atomic E-state index is 12.8. The van der Waals surface area contributed by atoms with Gasteiger partial charge in [0.25, 0.3) is 0 Å². The first-order chi connectivity index (χ1) is 14.2. The smallest absolute Gasteiger partial charge is 0.410 e. The SMILES string of the molecule is Cc1cc2c(N3CCC4C3CCCN4C(=O)OCc3ccccc3)ncnc2[nH]1. The molecule has 2 aliphatic heterocycles. The molecule has 1 aromatic carbocycles. The Bertz CT molecular complexity index is 1020. The maximum Gasteiger partial charge on any atom is 0.410 e. The molecule has 2 aromatic heterocycles. The van der Waals surface area contributed by atoms with Gasteiger partial charge in [-0.15, -0.1) is 0 Å². The van der Waals surface area contributed by atoms with Crippen LogP contribution in [0.25, 0.3) is 11.0 Å². The van der Waals surface area contributed by atoms with Crippen LogP contribution in [-0.2, 0) is 11.3 Å². The summed E-state index contributed by atoms with van der Waals surface area (Å²) in [7, 11) is 0. The van der Waals surface area contributed by atoms with Crippen LogP contribution in [0.15, 0.2) is 42.7 Å². The molecule has 2 saturated heterocycles. The number of likely N-dealkylation sites (tertiary alicyclic amines) is 1. The van der Waals surface area contributed by atoms with Gasteiger partial charge in [-0.05, 0) is 37.8 Å². The molecule has 3 aromatic rings. The molecule has 7 heteroatoms. The molecule has 4 heterocycles. The van der Waals surface area contributed by atoms with Crippen LogP contribution in [0.4, 0.5) is 10.6 Å². The van der Waals surface area contributed by atoms with Crippen molar-refractivity contribution < 1.29 is 9.53 Å². The lowest BCUT2D eigenvalue weighted by atomic mass is 9.97. The molecule has 0 spiro atoms. The number of ether oxygens (including phenoxy) is 1. The number of piperidine rings is 1. The molecular weight excluding hydrogens is 366 g/mol. The number of amides is 1. The Labute approximate surface area is 169 Å². The molecule has 29 heavy (non-hydrogen) atoms. The summed E-state index contributed by atoms with van der Waals surface area (Å²) in [6.45, 7) is 3.98. The van der Waals surface area contributed by atoms with Crippen LogP contribution in [0.5, 0.6) is 0 Å². The molecule has 5 rings (SSSR count). The van der Waals surface area contributed by atoms with Crippen molar-refractivity contribution in [2.24, 2.45) is 0 Å². The Morgan fingerprint density at radius 3 is 2.90 bits per heavy atom. The first-order valence-corrected chi connectivity index (χ1v) is 10.2. The monoisotopic (exact) mass is 391 g/mol. The predicted octanol–water partition coefficient (Wildman–Crippen LogP) is 3.65. The zero-order valence-electron chi connectivity index (χ0n) is 16.5. The van der Waals surface area contributed by atoms with E-state index in [-0.39, 0.29) is 18.2 Å². The van der Waals surface area contributed by atoms with Gasteiger partial charge in [-0.1, -0.05) is 30.3 Å². The summed E-state index contributed by atoms with van der Waals surface area (Å²) in [6, 6.07) is 12.4. The molecule has 0 saturated carbocycles. The van der Waals surface area contributed by atoms with Gasteiger partial charge >= 0.3 is 6.09 Å². The van der Waals surface area contributed by atoms with E-state index < -0.39 is 0 Å². The van der Waals surface area contributed by atoms with Gasteiger partial charge in [0.2, 0.25) is 0 Å². The third-order valence-electron chi connectivity index (χ3n) is 6.06.